The number of carbonyl (C=O) groups is 1. The maximum Gasteiger partial charge on any atom is 0.367 e. The van der Waals surface area contributed by atoms with Crippen LogP contribution in [0.4, 0.5) is 0 Å². The molecule has 1 rings (SSSR count). The van der Waals surface area contributed by atoms with Crippen molar-refractivity contribution < 1.29 is 9.72 Å². The number of hydrogen-bond acceptors (Lipinski definition) is 5. The van der Waals surface area contributed by atoms with Crippen molar-refractivity contribution in [2.45, 2.75) is 11.8 Å². The van der Waals surface area contributed by atoms with Gasteiger partial charge in [-0.15, -0.1) is 0 Å². The Labute approximate surface area is 97.4 Å². The Hall–Kier alpha value is -1.60. The Kier molecular flexibility index (Phi) is 3.51. The minimum absolute atomic E-state index is 0.161. The standard InChI is InChI=1S/C9H11N3O3S/c1-6-2-4-7(5-3-6)9(16,12(14)15)8(13)11-10/h2-5,16H,10H2,1H3,(H,11,13). The largest absolute Gasteiger partial charge is 0.367 e. The lowest BCUT2D eigenvalue weighted by molar-refractivity contribution is -0.529. The lowest BCUT2D eigenvalue weighted by atomic mass is 10.0. The second-order valence-corrected chi connectivity index (χ2v) is 3.92. The molecule has 0 aliphatic rings. The summed E-state index contributed by atoms with van der Waals surface area (Å²) in [6, 6.07) is 6.27. The topological polar surface area (TPSA) is 98.3 Å². The zero-order valence-electron chi connectivity index (χ0n) is 8.51. The average molecular weight is 241 g/mol. The number of rotatable bonds is 3. The number of hydrogen-bond donors (Lipinski definition) is 3. The van der Waals surface area contributed by atoms with Gasteiger partial charge in [0.1, 0.15) is 0 Å². The van der Waals surface area contributed by atoms with Gasteiger partial charge in [0.05, 0.1) is 4.92 Å². The van der Waals surface area contributed by atoms with Crippen LogP contribution in [0.25, 0.3) is 0 Å². The van der Waals surface area contributed by atoms with Crippen LogP contribution in [0.2, 0.25) is 0 Å². The summed E-state index contributed by atoms with van der Waals surface area (Å²) < 4.78 is 0. The molecule has 1 aromatic rings. The van der Waals surface area contributed by atoms with E-state index in [1.54, 1.807) is 17.6 Å². The van der Waals surface area contributed by atoms with Crippen molar-refractivity contribution in [3.63, 3.8) is 0 Å². The molecule has 0 aliphatic heterocycles. The average Bonchev–Trinajstić information content (AvgIpc) is 2.27. The number of thiol groups is 1. The van der Waals surface area contributed by atoms with Crippen molar-refractivity contribution in [1.82, 2.24) is 5.43 Å². The van der Waals surface area contributed by atoms with Crippen LogP contribution in [0, 0.1) is 17.0 Å². The van der Waals surface area contributed by atoms with Crippen LogP contribution in [0.5, 0.6) is 0 Å². The van der Waals surface area contributed by atoms with Crippen LogP contribution >= 0.6 is 12.6 Å². The van der Waals surface area contributed by atoms with Gasteiger partial charge in [-0.25, -0.2) is 5.84 Å². The maximum absolute atomic E-state index is 11.4. The van der Waals surface area contributed by atoms with Crippen molar-refractivity contribution in [1.29, 1.82) is 0 Å². The normalized spacial score (nSPS) is 13.9. The Morgan fingerprint density at radius 1 is 1.50 bits per heavy atom. The van der Waals surface area contributed by atoms with E-state index in [0.29, 0.717) is 0 Å². The highest BCUT2D eigenvalue weighted by atomic mass is 32.1. The lowest BCUT2D eigenvalue weighted by Crippen LogP contribution is -2.48. The Bertz CT molecular complexity index is 421. The Morgan fingerprint density at radius 2 is 2.00 bits per heavy atom. The SMILES string of the molecule is Cc1ccc(C(S)(C(=O)NN)[N+](=O)[O-])cc1. The molecular formula is C9H11N3O3S. The summed E-state index contributed by atoms with van der Waals surface area (Å²) in [4.78, 5) is 19.4. The number of nitrogens with one attached hydrogen (secondary N) is 1. The minimum atomic E-state index is -2.16. The summed E-state index contributed by atoms with van der Waals surface area (Å²) in [5, 5.41) is 10.9. The molecule has 7 heteroatoms. The second-order valence-electron chi connectivity index (χ2n) is 3.27. The summed E-state index contributed by atoms with van der Waals surface area (Å²) in [5.41, 5.74) is 2.83. The molecule has 0 spiro atoms. The van der Waals surface area contributed by atoms with Gasteiger partial charge in [0.15, 0.2) is 0 Å². The third kappa shape index (κ3) is 2.00. The summed E-state index contributed by atoms with van der Waals surface area (Å²) >= 11 is 3.82. The maximum atomic E-state index is 11.4. The van der Waals surface area contributed by atoms with Gasteiger partial charge in [-0.1, -0.05) is 42.5 Å². The zero-order chi connectivity index (χ0) is 12.3. The molecule has 0 saturated heterocycles. The molecule has 16 heavy (non-hydrogen) atoms. The highest BCUT2D eigenvalue weighted by Crippen LogP contribution is 2.29. The number of benzene rings is 1. The molecular weight excluding hydrogens is 230 g/mol. The first kappa shape index (κ1) is 12.5. The van der Waals surface area contributed by atoms with Gasteiger partial charge in [0.25, 0.3) is 0 Å². The fraction of sp³-hybridized carbons (Fsp3) is 0.222. The molecule has 0 heterocycles. The molecule has 0 bridgehead atoms. The van der Waals surface area contributed by atoms with Crippen LogP contribution in [-0.4, -0.2) is 10.8 Å². The minimum Gasteiger partial charge on any atom is -0.287 e. The smallest absolute Gasteiger partial charge is 0.287 e. The molecule has 86 valence electrons. The molecule has 1 unspecified atom stereocenters. The molecule has 0 saturated carbocycles. The van der Waals surface area contributed by atoms with Gasteiger partial charge < -0.3 is 0 Å². The van der Waals surface area contributed by atoms with E-state index in [1.165, 1.54) is 12.1 Å². The van der Waals surface area contributed by atoms with E-state index in [9.17, 15) is 14.9 Å². The quantitative estimate of drug-likeness (QED) is 0.177. The Morgan fingerprint density at radius 3 is 2.38 bits per heavy atom. The van der Waals surface area contributed by atoms with Gasteiger partial charge in [-0.2, -0.15) is 0 Å². The number of aryl methyl sites for hydroxylation is 1. The zero-order valence-corrected chi connectivity index (χ0v) is 9.40. The Balaban J connectivity index is 3.27. The van der Waals surface area contributed by atoms with E-state index in [2.05, 4.69) is 12.6 Å². The monoisotopic (exact) mass is 241 g/mol. The first-order valence-corrected chi connectivity index (χ1v) is 4.82. The summed E-state index contributed by atoms with van der Waals surface area (Å²) in [7, 11) is 0. The third-order valence-electron chi connectivity index (χ3n) is 2.17. The summed E-state index contributed by atoms with van der Waals surface area (Å²) in [6.45, 7) is 1.83. The molecule has 0 radical (unpaired) electrons. The van der Waals surface area contributed by atoms with Gasteiger partial charge in [-0.05, 0) is 6.92 Å². The first-order chi connectivity index (χ1) is 7.42. The van der Waals surface area contributed by atoms with Crippen molar-refractivity contribution in [2.75, 3.05) is 0 Å². The predicted octanol–water partition coefficient (Wildman–Crippen LogP) is 0.344. The van der Waals surface area contributed by atoms with E-state index in [0.717, 1.165) is 5.56 Å². The third-order valence-corrected chi connectivity index (χ3v) is 2.79. The number of carbonyl (C=O) groups excluding carboxylic acids is 1. The number of nitrogens with two attached hydrogens (primary N) is 1. The summed E-state index contributed by atoms with van der Waals surface area (Å²) in [6.07, 6.45) is 0. The van der Waals surface area contributed by atoms with Gasteiger partial charge in [0, 0.05) is 5.56 Å². The number of hydrazine groups is 1. The fourth-order valence-corrected chi connectivity index (χ4v) is 1.42. The molecule has 6 nitrogen and oxygen atoms in total. The van der Waals surface area contributed by atoms with Crippen molar-refractivity contribution in [3.8, 4) is 0 Å². The van der Waals surface area contributed by atoms with Gasteiger partial charge in [-0.3, -0.25) is 20.3 Å². The van der Waals surface area contributed by atoms with E-state index in [4.69, 9.17) is 5.84 Å². The van der Waals surface area contributed by atoms with Gasteiger partial charge >= 0.3 is 10.8 Å². The summed E-state index contributed by atoms with van der Waals surface area (Å²) in [5.74, 6) is 3.93. The van der Waals surface area contributed by atoms with Gasteiger partial charge in [0.2, 0.25) is 0 Å². The van der Waals surface area contributed by atoms with E-state index in [-0.39, 0.29) is 5.56 Å². The molecule has 3 N–H and O–H groups in total. The van der Waals surface area contributed by atoms with Crippen LogP contribution < -0.4 is 11.3 Å². The van der Waals surface area contributed by atoms with Crippen molar-refractivity contribution in [2.24, 2.45) is 5.84 Å². The molecule has 1 amide bonds. The molecule has 0 fully saturated rings. The second kappa shape index (κ2) is 4.50. The molecule has 0 aliphatic carbocycles. The van der Waals surface area contributed by atoms with E-state index < -0.39 is 15.7 Å². The highest BCUT2D eigenvalue weighted by Gasteiger charge is 2.49. The van der Waals surface area contributed by atoms with Crippen molar-refractivity contribution in [3.05, 3.63) is 45.5 Å². The molecule has 1 atom stereocenters. The van der Waals surface area contributed by atoms with Crippen LogP contribution in [0.1, 0.15) is 11.1 Å². The van der Waals surface area contributed by atoms with Crippen LogP contribution in [0.3, 0.4) is 0 Å². The van der Waals surface area contributed by atoms with E-state index >= 15 is 0 Å². The number of nitro groups is 1. The van der Waals surface area contributed by atoms with Crippen molar-refractivity contribution >= 4 is 18.5 Å². The highest BCUT2D eigenvalue weighted by molar-refractivity contribution is 7.82. The molecule has 0 aromatic heterocycles. The number of amides is 1. The fourth-order valence-electron chi connectivity index (χ4n) is 1.21. The van der Waals surface area contributed by atoms with E-state index in [1.807, 2.05) is 6.92 Å². The molecule has 1 aromatic carbocycles. The number of nitrogens with zero attached hydrogens (tertiary/aromatic N) is 1. The predicted molar refractivity (Wildman–Crippen MR) is 61.2 cm³/mol. The van der Waals surface area contributed by atoms with Crippen LogP contribution in [-0.2, 0) is 9.67 Å². The van der Waals surface area contributed by atoms with Crippen LogP contribution in [0.15, 0.2) is 24.3 Å². The lowest BCUT2D eigenvalue weighted by Gasteiger charge is -2.17. The first-order valence-electron chi connectivity index (χ1n) is 4.38.